The average molecular weight is 359 g/mol. The van der Waals surface area contributed by atoms with Gasteiger partial charge in [-0.3, -0.25) is 9.63 Å². The molecule has 1 aliphatic heterocycles. The van der Waals surface area contributed by atoms with Crippen LogP contribution < -0.4 is 5.32 Å². The fraction of sp³-hybridized carbons (Fsp3) is 0.591. The minimum absolute atomic E-state index is 0.0210. The highest BCUT2D eigenvalue weighted by atomic mass is 16.7. The first-order valence-electron chi connectivity index (χ1n) is 9.73. The fourth-order valence-electron chi connectivity index (χ4n) is 4.33. The molecular formula is C22H34N2O2. The summed E-state index contributed by atoms with van der Waals surface area (Å²) in [5.41, 5.74) is 0.877. The van der Waals surface area contributed by atoms with Crippen molar-refractivity contribution in [1.29, 1.82) is 0 Å². The summed E-state index contributed by atoms with van der Waals surface area (Å²) in [5, 5.41) is 5.34. The lowest BCUT2D eigenvalue weighted by Gasteiger charge is -2.57. The number of hydroxylamine groups is 2. The molecule has 1 fully saturated rings. The van der Waals surface area contributed by atoms with Gasteiger partial charge in [0, 0.05) is 17.1 Å². The van der Waals surface area contributed by atoms with Crippen LogP contribution in [0.1, 0.15) is 72.0 Å². The van der Waals surface area contributed by atoms with Crippen LogP contribution >= 0.6 is 0 Å². The molecule has 0 bridgehead atoms. The zero-order chi connectivity index (χ0) is 19.4. The van der Waals surface area contributed by atoms with E-state index in [1.165, 1.54) is 11.6 Å². The minimum atomic E-state index is -0.188. The first-order chi connectivity index (χ1) is 12.3. The van der Waals surface area contributed by atoms with E-state index in [1.807, 2.05) is 18.2 Å². The molecule has 1 aromatic rings. The monoisotopic (exact) mass is 358 g/mol. The van der Waals surface area contributed by atoms with Gasteiger partial charge in [-0.15, -0.1) is 0 Å². The molecule has 1 heterocycles. The number of benzene rings is 1. The summed E-state index contributed by atoms with van der Waals surface area (Å²) in [6, 6.07) is 10.5. The van der Waals surface area contributed by atoms with Crippen molar-refractivity contribution >= 4 is 5.91 Å². The molecule has 1 saturated heterocycles. The quantitative estimate of drug-likeness (QED) is 0.713. The number of piperidine rings is 1. The number of rotatable bonds is 7. The molecule has 2 atom stereocenters. The fourth-order valence-corrected chi connectivity index (χ4v) is 4.33. The predicted molar refractivity (Wildman–Crippen MR) is 107 cm³/mol. The summed E-state index contributed by atoms with van der Waals surface area (Å²) in [7, 11) is 0. The molecule has 4 heteroatoms. The Labute approximate surface area is 158 Å². The number of carbonyl (C=O) groups is 1. The first-order valence-corrected chi connectivity index (χ1v) is 9.73. The summed E-state index contributed by atoms with van der Waals surface area (Å²) in [5.74, 6) is -0.0982. The highest BCUT2D eigenvalue weighted by molar-refractivity contribution is 5.87. The zero-order valence-corrected chi connectivity index (χ0v) is 16.9. The summed E-state index contributed by atoms with van der Waals surface area (Å²) in [6.45, 7) is 14.5. The van der Waals surface area contributed by atoms with Gasteiger partial charge in [0.25, 0.3) is 0 Å². The Bertz CT molecular complexity index is 608. The molecule has 1 N–H and O–H groups in total. The highest BCUT2D eigenvalue weighted by Gasteiger charge is 2.50. The molecular weight excluding hydrogens is 324 g/mol. The molecule has 1 aromatic carbocycles. The number of hydrogen-bond donors (Lipinski definition) is 1. The van der Waals surface area contributed by atoms with E-state index < -0.39 is 0 Å². The van der Waals surface area contributed by atoms with E-state index in [1.54, 1.807) is 0 Å². The SMILES string of the molecule is C=CC(=O)NC1CC(C)(C)N(OC(C)c2ccccc2)C(CC)(CC)C1. The molecule has 4 nitrogen and oxygen atoms in total. The molecule has 0 saturated carbocycles. The van der Waals surface area contributed by atoms with Crippen molar-refractivity contribution in [1.82, 2.24) is 10.4 Å². The van der Waals surface area contributed by atoms with Gasteiger partial charge in [-0.1, -0.05) is 50.8 Å². The summed E-state index contributed by atoms with van der Waals surface area (Å²) < 4.78 is 0. The number of nitrogens with zero attached hydrogens (tertiary/aromatic N) is 1. The van der Waals surface area contributed by atoms with E-state index >= 15 is 0 Å². The van der Waals surface area contributed by atoms with Crippen molar-refractivity contribution in [2.75, 3.05) is 0 Å². The first kappa shape index (κ1) is 20.7. The van der Waals surface area contributed by atoms with Gasteiger partial charge in [-0.05, 0) is 58.1 Å². The third kappa shape index (κ3) is 4.36. The lowest BCUT2D eigenvalue weighted by atomic mass is 9.74. The molecule has 0 aliphatic carbocycles. The van der Waals surface area contributed by atoms with Gasteiger partial charge >= 0.3 is 0 Å². The maximum absolute atomic E-state index is 11.8. The van der Waals surface area contributed by atoms with Crippen molar-refractivity contribution < 1.29 is 9.63 Å². The lowest BCUT2D eigenvalue weighted by molar-refractivity contribution is -0.316. The van der Waals surface area contributed by atoms with Crippen molar-refractivity contribution in [2.24, 2.45) is 0 Å². The summed E-state index contributed by atoms with van der Waals surface area (Å²) in [6.07, 6.45) is 4.99. The third-order valence-corrected chi connectivity index (χ3v) is 5.73. The molecule has 0 spiro atoms. The van der Waals surface area contributed by atoms with Crippen LogP contribution in [0.5, 0.6) is 0 Å². The molecule has 144 valence electrons. The van der Waals surface area contributed by atoms with E-state index in [-0.39, 0.29) is 29.1 Å². The van der Waals surface area contributed by atoms with Crippen LogP contribution in [-0.2, 0) is 9.63 Å². The molecule has 1 aliphatic rings. The minimum Gasteiger partial charge on any atom is -0.350 e. The average Bonchev–Trinajstić information content (AvgIpc) is 2.63. The standard InChI is InChI=1S/C22H34N2O2/c1-7-20(25)23-19-15-21(5,6)24(22(8-2,9-3)16-19)26-17(4)18-13-11-10-12-14-18/h7,10-14,17,19H,1,8-9,15-16H2,2-6H3,(H,23,25). The second kappa shape index (κ2) is 8.36. The Morgan fingerprint density at radius 1 is 1.31 bits per heavy atom. The molecule has 2 rings (SSSR count). The van der Waals surface area contributed by atoms with Gasteiger partial charge in [0.05, 0.1) is 0 Å². The Morgan fingerprint density at radius 2 is 1.92 bits per heavy atom. The van der Waals surface area contributed by atoms with E-state index in [0.29, 0.717) is 0 Å². The topological polar surface area (TPSA) is 41.6 Å². The van der Waals surface area contributed by atoms with Gasteiger partial charge in [-0.2, -0.15) is 5.06 Å². The summed E-state index contributed by atoms with van der Waals surface area (Å²) in [4.78, 5) is 18.4. The van der Waals surface area contributed by atoms with E-state index in [9.17, 15) is 4.79 Å². The Balaban J connectivity index is 2.27. The Hall–Kier alpha value is -1.65. The van der Waals surface area contributed by atoms with Crippen LogP contribution in [0.2, 0.25) is 0 Å². The Morgan fingerprint density at radius 3 is 2.46 bits per heavy atom. The second-order valence-corrected chi connectivity index (χ2v) is 8.01. The van der Waals surface area contributed by atoms with E-state index in [4.69, 9.17) is 4.84 Å². The third-order valence-electron chi connectivity index (χ3n) is 5.73. The van der Waals surface area contributed by atoms with Gasteiger partial charge in [-0.25, -0.2) is 0 Å². The van der Waals surface area contributed by atoms with Crippen molar-refractivity contribution in [3.8, 4) is 0 Å². The molecule has 0 radical (unpaired) electrons. The van der Waals surface area contributed by atoms with Crippen LogP contribution in [0.25, 0.3) is 0 Å². The molecule has 0 aromatic heterocycles. The van der Waals surface area contributed by atoms with Gasteiger partial charge < -0.3 is 5.32 Å². The van der Waals surface area contributed by atoms with Crippen LogP contribution in [0, 0.1) is 0 Å². The van der Waals surface area contributed by atoms with Crippen molar-refractivity contribution in [3.05, 3.63) is 48.6 Å². The molecule has 2 unspecified atom stereocenters. The molecule has 1 amide bonds. The maximum Gasteiger partial charge on any atom is 0.243 e. The zero-order valence-electron chi connectivity index (χ0n) is 16.9. The second-order valence-electron chi connectivity index (χ2n) is 8.01. The van der Waals surface area contributed by atoms with Crippen LogP contribution in [0.15, 0.2) is 43.0 Å². The number of amides is 1. The van der Waals surface area contributed by atoms with E-state index in [0.717, 1.165) is 25.7 Å². The smallest absolute Gasteiger partial charge is 0.243 e. The highest BCUT2D eigenvalue weighted by Crippen LogP contribution is 2.44. The van der Waals surface area contributed by atoms with Crippen LogP contribution in [0.3, 0.4) is 0 Å². The lowest BCUT2D eigenvalue weighted by Crippen LogP contribution is -2.66. The van der Waals surface area contributed by atoms with Crippen LogP contribution in [-0.4, -0.2) is 28.1 Å². The van der Waals surface area contributed by atoms with Gasteiger partial charge in [0.15, 0.2) is 0 Å². The van der Waals surface area contributed by atoms with Gasteiger partial charge in [0.1, 0.15) is 6.10 Å². The van der Waals surface area contributed by atoms with Gasteiger partial charge in [0.2, 0.25) is 5.91 Å². The number of hydrogen-bond acceptors (Lipinski definition) is 3. The number of nitrogens with one attached hydrogen (secondary N) is 1. The predicted octanol–water partition coefficient (Wildman–Crippen LogP) is 4.78. The number of carbonyl (C=O) groups excluding carboxylic acids is 1. The Kier molecular flexibility index (Phi) is 6.64. The van der Waals surface area contributed by atoms with Crippen molar-refractivity contribution in [3.63, 3.8) is 0 Å². The maximum atomic E-state index is 11.8. The van der Waals surface area contributed by atoms with E-state index in [2.05, 4.69) is 63.7 Å². The summed E-state index contributed by atoms with van der Waals surface area (Å²) >= 11 is 0. The normalized spacial score (nSPS) is 23.2. The van der Waals surface area contributed by atoms with Crippen molar-refractivity contribution in [2.45, 2.75) is 83.5 Å². The molecule has 26 heavy (non-hydrogen) atoms. The van der Waals surface area contributed by atoms with Crippen LogP contribution in [0.4, 0.5) is 0 Å². The largest absolute Gasteiger partial charge is 0.350 e.